The molecular weight excluding hydrogens is 670 g/mol. The molecule has 6 nitrogen and oxygen atoms in total. The van der Waals surface area contributed by atoms with Crippen LogP contribution in [0.2, 0.25) is 0 Å². The average molecular weight is 719 g/mol. The summed E-state index contributed by atoms with van der Waals surface area (Å²) in [6.07, 6.45) is -2.33. The normalized spacial score (nSPS) is 21.9. The molecule has 12 heteroatoms. The molecule has 1 aliphatic heterocycles. The Labute approximate surface area is 296 Å². The van der Waals surface area contributed by atoms with Gasteiger partial charge in [-0.05, 0) is 79.0 Å². The number of nitrogens with zero attached hydrogens (tertiary/aromatic N) is 4. The standard InChI is InChI=1S/C39H48F6N4O2/c1-23(2)21-51-22-24-19-46-36(47-20-24)49-15-11-27(12-16-49)35-33(34(40)26-5-7-28(8-6-26)39(43,44)45)31(25-9-13-38(41,42)14-10-25)32-29(48-35)17-37(3,4)18-30(32)50/h5-8,19-20,23,25,27,30,34,50H,9-18,21-22H2,1-4H3. The number of hydrogen-bond donors (Lipinski definition) is 1. The first-order chi connectivity index (χ1) is 24.0. The predicted molar refractivity (Wildman–Crippen MR) is 183 cm³/mol. The number of aliphatic hydroxyl groups is 1. The number of anilines is 1. The molecule has 2 fully saturated rings. The van der Waals surface area contributed by atoms with E-state index in [-0.39, 0.29) is 48.1 Å². The van der Waals surface area contributed by atoms with Crippen LogP contribution < -0.4 is 4.90 Å². The molecule has 1 N–H and O–H groups in total. The molecule has 0 amide bonds. The van der Waals surface area contributed by atoms with Gasteiger partial charge < -0.3 is 14.7 Å². The fraction of sp³-hybridized carbons (Fsp3) is 0.615. The van der Waals surface area contributed by atoms with E-state index >= 15 is 4.39 Å². The zero-order valence-corrected chi connectivity index (χ0v) is 29.7. The van der Waals surface area contributed by atoms with Gasteiger partial charge in [0.2, 0.25) is 11.9 Å². The molecule has 3 heterocycles. The lowest BCUT2D eigenvalue weighted by atomic mass is 9.68. The van der Waals surface area contributed by atoms with Gasteiger partial charge in [0.05, 0.1) is 24.0 Å². The number of fused-ring (bicyclic) bond motifs is 1. The number of piperidine rings is 1. The molecule has 3 aliphatic rings. The molecule has 1 saturated carbocycles. The van der Waals surface area contributed by atoms with Gasteiger partial charge in [0.25, 0.3) is 0 Å². The Morgan fingerprint density at radius 1 is 0.941 bits per heavy atom. The van der Waals surface area contributed by atoms with Gasteiger partial charge >= 0.3 is 6.18 Å². The topological polar surface area (TPSA) is 71.4 Å². The van der Waals surface area contributed by atoms with E-state index in [0.29, 0.717) is 86.4 Å². The monoisotopic (exact) mass is 718 g/mol. The van der Waals surface area contributed by atoms with Crippen molar-refractivity contribution in [3.8, 4) is 0 Å². The maximum atomic E-state index is 17.2. The third-order valence-corrected chi connectivity index (χ3v) is 10.6. The Morgan fingerprint density at radius 2 is 1.57 bits per heavy atom. The predicted octanol–water partition coefficient (Wildman–Crippen LogP) is 9.80. The highest BCUT2D eigenvalue weighted by molar-refractivity contribution is 5.51. The van der Waals surface area contributed by atoms with Gasteiger partial charge in [-0.25, -0.2) is 23.1 Å². The Kier molecular flexibility index (Phi) is 10.8. The fourth-order valence-corrected chi connectivity index (χ4v) is 8.07. The van der Waals surface area contributed by atoms with Crippen molar-refractivity contribution in [1.82, 2.24) is 15.0 Å². The maximum absolute atomic E-state index is 17.2. The fourth-order valence-electron chi connectivity index (χ4n) is 8.07. The van der Waals surface area contributed by atoms with Crippen LogP contribution in [0.5, 0.6) is 0 Å². The van der Waals surface area contributed by atoms with Crippen molar-refractivity contribution in [3.05, 3.63) is 81.4 Å². The number of aromatic nitrogens is 3. The second-order valence-corrected chi connectivity index (χ2v) is 15.9. The van der Waals surface area contributed by atoms with Crippen molar-refractivity contribution in [2.24, 2.45) is 11.3 Å². The lowest BCUT2D eigenvalue weighted by Gasteiger charge is -2.41. The summed E-state index contributed by atoms with van der Waals surface area (Å²) in [6.45, 7) is 10.4. The van der Waals surface area contributed by atoms with Crippen molar-refractivity contribution in [2.75, 3.05) is 24.6 Å². The minimum absolute atomic E-state index is 0.0299. The summed E-state index contributed by atoms with van der Waals surface area (Å²) in [4.78, 5) is 16.3. The second-order valence-electron chi connectivity index (χ2n) is 15.9. The zero-order valence-electron chi connectivity index (χ0n) is 29.7. The van der Waals surface area contributed by atoms with Crippen LogP contribution in [0, 0.1) is 11.3 Å². The number of rotatable bonds is 9. The maximum Gasteiger partial charge on any atom is 0.416 e. The Balaban J connectivity index is 1.37. The quantitative estimate of drug-likeness (QED) is 0.222. The van der Waals surface area contributed by atoms with Crippen LogP contribution in [0.1, 0.15) is 142 Å². The van der Waals surface area contributed by atoms with E-state index in [0.717, 1.165) is 29.8 Å². The van der Waals surface area contributed by atoms with Crippen LogP contribution in [0.4, 0.5) is 32.3 Å². The molecule has 2 atom stereocenters. The third-order valence-electron chi connectivity index (χ3n) is 10.6. The molecule has 3 aromatic rings. The lowest BCUT2D eigenvalue weighted by Crippen LogP contribution is -2.36. The molecule has 0 spiro atoms. The summed E-state index contributed by atoms with van der Waals surface area (Å²) in [5.41, 5.74) is 2.15. The van der Waals surface area contributed by atoms with Gasteiger partial charge in [-0.15, -0.1) is 0 Å². The van der Waals surface area contributed by atoms with E-state index in [1.807, 2.05) is 13.8 Å². The van der Waals surface area contributed by atoms with Gasteiger partial charge in [0.1, 0.15) is 0 Å². The number of alkyl halides is 6. The van der Waals surface area contributed by atoms with Crippen molar-refractivity contribution < 1.29 is 36.2 Å². The van der Waals surface area contributed by atoms with Crippen molar-refractivity contribution in [2.45, 2.75) is 122 Å². The number of hydrogen-bond acceptors (Lipinski definition) is 6. The number of ether oxygens (including phenoxy) is 1. The number of pyridine rings is 1. The molecule has 2 aromatic heterocycles. The van der Waals surface area contributed by atoms with E-state index in [1.54, 1.807) is 12.4 Å². The molecule has 51 heavy (non-hydrogen) atoms. The Hall–Kier alpha value is -3.25. The Morgan fingerprint density at radius 3 is 2.16 bits per heavy atom. The molecular formula is C39H48F6N4O2. The summed E-state index contributed by atoms with van der Waals surface area (Å²) in [5.74, 6) is -2.51. The van der Waals surface area contributed by atoms with Crippen LogP contribution in [-0.4, -0.2) is 45.7 Å². The van der Waals surface area contributed by atoms with Crippen LogP contribution in [-0.2, 0) is 23.9 Å². The van der Waals surface area contributed by atoms with Crippen LogP contribution in [0.25, 0.3) is 0 Å². The summed E-state index contributed by atoms with van der Waals surface area (Å²) in [6, 6.07) is 4.02. The SMILES string of the molecule is CC(C)COCc1cnc(N2CCC(c3nc4c(c(C5CCC(F)(F)CC5)c3C(F)c3ccc(C(F)(F)F)cc3)C(O)CC(C)(C)C4)CC2)nc1. The van der Waals surface area contributed by atoms with Gasteiger partial charge in [0, 0.05) is 73.2 Å². The first kappa shape index (κ1) is 37.5. The Bertz CT molecular complexity index is 1640. The molecule has 0 bridgehead atoms. The van der Waals surface area contributed by atoms with E-state index in [2.05, 4.69) is 28.7 Å². The van der Waals surface area contributed by atoms with E-state index in [1.165, 1.54) is 0 Å². The summed E-state index contributed by atoms with van der Waals surface area (Å²) in [5, 5.41) is 11.6. The number of halogens is 6. The van der Waals surface area contributed by atoms with Crippen LogP contribution in [0.3, 0.4) is 0 Å². The van der Waals surface area contributed by atoms with Gasteiger partial charge in [-0.1, -0.05) is 39.8 Å². The van der Waals surface area contributed by atoms with Crippen molar-refractivity contribution in [3.63, 3.8) is 0 Å². The number of aliphatic hydroxyl groups excluding tert-OH is 1. The third kappa shape index (κ3) is 8.53. The van der Waals surface area contributed by atoms with Gasteiger partial charge in [0.15, 0.2) is 6.17 Å². The lowest BCUT2D eigenvalue weighted by molar-refractivity contribution is -0.137. The van der Waals surface area contributed by atoms with Crippen LogP contribution in [0.15, 0.2) is 36.7 Å². The second kappa shape index (κ2) is 14.6. The van der Waals surface area contributed by atoms with Crippen LogP contribution >= 0.6 is 0 Å². The highest BCUT2D eigenvalue weighted by atomic mass is 19.4. The van der Waals surface area contributed by atoms with E-state index in [9.17, 15) is 27.1 Å². The largest absolute Gasteiger partial charge is 0.416 e. The highest BCUT2D eigenvalue weighted by Gasteiger charge is 2.44. The molecule has 6 rings (SSSR count). The average Bonchev–Trinajstić information content (AvgIpc) is 3.06. The van der Waals surface area contributed by atoms with Crippen molar-refractivity contribution >= 4 is 5.95 Å². The first-order valence-corrected chi connectivity index (χ1v) is 18.1. The summed E-state index contributed by atoms with van der Waals surface area (Å²) < 4.78 is 92.3. The van der Waals surface area contributed by atoms with E-state index < -0.39 is 35.9 Å². The summed E-state index contributed by atoms with van der Waals surface area (Å²) >= 11 is 0. The van der Waals surface area contributed by atoms with Gasteiger partial charge in [-0.2, -0.15) is 13.2 Å². The minimum atomic E-state index is -4.59. The molecule has 278 valence electrons. The highest BCUT2D eigenvalue weighted by Crippen LogP contribution is 2.52. The molecule has 2 unspecified atom stereocenters. The minimum Gasteiger partial charge on any atom is -0.388 e. The number of benzene rings is 1. The zero-order chi connectivity index (χ0) is 36.7. The smallest absolute Gasteiger partial charge is 0.388 e. The summed E-state index contributed by atoms with van der Waals surface area (Å²) in [7, 11) is 0. The molecule has 2 aliphatic carbocycles. The van der Waals surface area contributed by atoms with Gasteiger partial charge in [-0.3, -0.25) is 4.98 Å². The first-order valence-electron chi connectivity index (χ1n) is 18.1. The molecule has 1 aromatic carbocycles. The molecule has 1 saturated heterocycles. The molecule has 0 radical (unpaired) electrons. The van der Waals surface area contributed by atoms with Crippen molar-refractivity contribution in [1.29, 1.82) is 0 Å². The van der Waals surface area contributed by atoms with E-state index in [4.69, 9.17) is 9.72 Å².